The van der Waals surface area contributed by atoms with Gasteiger partial charge in [0.2, 0.25) is 0 Å². The molecule has 0 aliphatic heterocycles. The highest BCUT2D eigenvalue weighted by atomic mass is 16.6. The number of allylic oxidation sites excluding steroid dienone is 8. The van der Waals surface area contributed by atoms with Crippen LogP contribution in [0.25, 0.3) is 0 Å². The maximum absolute atomic E-state index is 13.0. The molecule has 1 atom stereocenters. The first-order chi connectivity index (χ1) is 40.0. The van der Waals surface area contributed by atoms with E-state index >= 15 is 0 Å². The Morgan fingerprint density at radius 2 is 0.444 bits per heavy atom. The van der Waals surface area contributed by atoms with Crippen molar-refractivity contribution in [3.8, 4) is 0 Å². The molecule has 0 aromatic heterocycles. The van der Waals surface area contributed by atoms with Crippen molar-refractivity contribution in [1.82, 2.24) is 0 Å². The van der Waals surface area contributed by atoms with E-state index in [2.05, 4.69) is 69.4 Å². The van der Waals surface area contributed by atoms with Gasteiger partial charge in [-0.3, -0.25) is 14.4 Å². The zero-order valence-electron chi connectivity index (χ0n) is 54.6. The lowest BCUT2D eigenvalue weighted by atomic mass is 10.0. The molecule has 0 fully saturated rings. The highest BCUT2D eigenvalue weighted by molar-refractivity contribution is 5.71. The lowest BCUT2D eigenvalue weighted by Gasteiger charge is -2.18. The monoisotopic (exact) mass is 1140 g/mol. The summed E-state index contributed by atoms with van der Waals surface area (Å²) >= 11 is 0. The van der Waals surface area contributed by atoms with Gasteiger partial charge in [0.25, 0.3) is 0 Å². The Kier molecular flexibility index (Phi) is 67.6. The van der Waals surface area contributed by atoms with Gasteiger partial charge in [0, 0.05) is 19.3 Å². The van der Waals surface area contributed by atoms with E-state index in [4.69, 9.17) is 14.2 Å². The molecule has 0 aromatic carbocycles. The van der Waals surface area contributed by atoms with E-state index in [1.54, 1.807) is 0 Å². The molecule has 0 amide bonds. The molecule has 6 heteroatoms. The summed E-state index contributed by atoms with van der Waals surface area (Å²) < 4.78 is 17.0. The van der Waals surface area contributed by atoms with Crippen molar-refractivity contribution in [2.45, 2.75) is 399 Å². The van der Waals surface area contributed by atoms with Gasteiger partial charge in [-0.2, -0.15) is 0 Å². The van der Waals surface area contributed by atoms with Gasteiger partial charge in [0.1, 0.15) is 13.2 Å². The number of carbonyl (C=O) groups is 3. The summed E-state index contributed by atoms with van der Waals surface area (Å²) in [5.74, 6) is -0.858. The second-order valence-electron chi connectivity index (χ2n) is 24.5. The number of esters is 3. The quantitative estimate of drug-likeness (QED) is 0.0261. The number of hydrogen-bond donors (Lipinski definition) is 0. The van der Waals surface area contributed by atoms with Crippen molar-refractivity contribution in [3.05, 3.63) is 48.6 Å². The Hall–Kier alpha value is -2.63. The summed E-state index contributed by atoms with van der Waals surface area (Å²) in [6, 6.07) is 0. The number of ether oxygens (including phenoxy) is 3. The van der Waals surface area contributed by atoms with E-state index in [-0.39, 0.29) is 31.1 Å². The van der Waals surface area contributed by atoms with Crippen LogP contribution in [0.15, 0.2) is 48.6 Å². The van der Waals surface area contributed by atoms with Gasteiger partial charge < -0.3 is 14.2 Å². The topological polar surface area (TPSA) is 78.9 Å². The third-order valence-corrected chi connectivity index (χ3v) is 16.3. The van der Waals surface area contributed by atoms with Gasteiger partial charge in [-0.25, -0.2) is 0 Å². The van der Waals surface area contributed by atoms with E-state index in [0.717, 1.165) is 77.0 Å². The molecular formula is C75H138O6. The minimum absolute atomic E-state index is 0.0737. The normalized spacial score (nSPS) is 12.3. The predicted molar refractivity (Wildman–Crippen MR) is 353 cm³/mol. The summed E-state index contributed by atoms with van der Waals surface area (Å²) in [5.41, 5.74) is 0. The molecule has 0 bridgehead atoms. The first-order valence-corrected chi connectivity index (χ1v) is 36.1. The van der Waals surface area contributed by atoms with Gasteiger partial charge in [-0.15, -0.1) is 0 Å². The average molecular weight is 1140 g/mol. The van der Waals surface area contributed by atoms with Crippen LogP contribution in [0.2, 0.25) is 0 Å². The summed E-state index contributed by atoms with van der Waals surface area (Å²) in [7, 11) is 0. The molecule has 0 aromatic rings. The van der Waals surface area contributed by atoms with Gasteiger partial charge >= 0.3 is 17.9 Å². The molecule has 81 heavy (non-hydrogen) atoms. The molecule has 0 saturated heterocycles. The second kappa shape index (κ2) is 69.9. The summed E-state index contributed by atoms with van der Waals surface area (Å²) in [6.07, 6.45) is 88.6. The Balaban J connectivity index is 4.27. The summed E-state index contributed by atoms with van der Waals surface area (Å²) in [5, 5.41) is 0. The fourth-order valence-electron chi connectivity index (χ4n) is 10.9. The third-order valence-electron chi connectivity index (χ3n) is 16.3. The highest BCUT2D eigenvalue weighted by Gasteiger charge is 2.19. The SMILES string of the molecule is CCCCCCC/C=C\C/C=C\C/C=C\CCCCCCCCCCCCC(=O)OCC(COC(=O)CCCCCCC/C=C\CCCCCCC)OC(=O)CCCCCCCCCCCCCCCCCCCCCCCCCC. The van der Waals surface area contributed by atoms with Gasteiger partial charge in [0.15, 0.2) is 6.10 Å². The molecule has 6 nitrogen and oxygen atoms in total. The molecule has 0 aliphatic carbocycles. The Bertz CT molecular complexity index is 1400. The van der Waals surface area contributed by atoms with Gasteiger partial charge in [-0.05, 0) is 83.5 Å². The molecular weight excluding hydrogens is 997 g/mol. The highest BCUT2D eigenvalue weighted by Crippen LogP contribution is 2.18. The first kappa shape index (κ1) is 78.4. The zero-order valence-corrected chi connectivity index (χ0v) is 54.6. The van der Waals surface area contributed by atoms with Crippen molar-refractivity contribution in [3.63, 3.8) is 0 Å². The lowest BCUT2D eigenvalue weighted by molar-refractivity contribution is -0.167. The van der Waals surface area contributed by atoms with Crippen LogP contribution >= 0.6 is 0 Å². The molecule has 0 heterocycles. The molecule has 0 rings (SSSR count). The zero-order chi connectivity index (χ0) is 58.5. The number of carbonyl (C=O) groups excluding carboxylic acids is 3. The van der Waals surface area contributed by atoms with Gasteiger partial charge in [0.05, 0.1) is 0 Å². The van der Waals surface area contributed by atoms with Crippen molar-refractivity contribution in [2.75, 3.05) is 13.2 Å². The van der Waals surface area contributed by atoms with E-state index in [0.29, 0.717) is 19.3 Å². The Labute approximate surface area is 505 Å². The van der Waals surface area contributed by atoms with Crippen molar-refractivity contribution < 1.29 is 28.6 Å². The van der Waals surface area contributed by atoms with Crippen LogP contribution in [0.1, 0.15) is 393 Å². The minimum Gasteiger partial charge on any atom is -0.462 e. The van der Waals surface area contributed by atoms with E-state index in [1.807, 2.05) is 0 Å². The Morgan fingerprint density at radius 1 is 0.247 bits per heavy atom. The summed E-state index contributed by atoms with van der Waals surface area (Å²) in [6.45, 7) is 6.68. The maximum atomic E-state index is 13.0. The molecule has 0 spiro atoms. The van der Waals surface area contributed by atoms with E-state index in [9.17, 15) is 14.4 Å². The van der Waals surface area contributed by atoms with Gasteiger partial charge in [-0.1, -0.05) is 339 Å². The van der Waals surface area contributed by atoms with Crippen molar-refractivity contribution in [1.29, 1.82) is 0 Å². The summed E-state index contributed by atoms with van der Waals surface area (Å²) in [4.78, 5) is 38.5. The smallest absolute Gasteiger partial charge is 0.306 e. The number of rotatable bonds is 67. The van der Waals surface area contributed by atoms with Crippen LogP contribution in [0, 0.1) is 0 Å². The Morgan fingerprint density at radius 3 is 0.704 bits per heavy atom. The standard InChI is InChI=1S/C75H138O6/c1-4-7-10-13-16-19-22-25-28-30-32-34-36-38-40-41-43-45-47-50-53-56-59-62-65-68-74(77)80-71-72(70-79-73(76)67-64-61-58-55-52-49-27-24-21-18-15-12-9-6-3)81-75(78)69-66-63-60-57-54-51-48-46-44-42-39-37-35-33-31-29-26-23-20-17-14-11-8-5-2/h22,24-25,27,30,32,36,38,72H,4-21,23,26,28-29,31,33-35,37,39-71H2,1-3H3/b25-22-,27-24-,32-30-,38-36-. The fourth-order valence-corrected chi connectivity index (χ4v) is 10.9. The maximum Gasteiger partial charge on any atom is 0.306 e. The van der Waals surface area contributed by atoms with Crippen LogP contribution in [0.3, 0.4) is 0 Å². The lowest BCUT2D eigenvalue weighted by Crippen LogP contribution is -2.30. The minimum atomic E-state index is -0.778. The number of unbranched alkanes of at least 4 members (excludes halogenated alkanes) is 48. The first-order valence-electron chi connectivity index (χ1n) is 36.1. The van der Waals surface area contributed by atoms with Crippen molar-refractivity contribution >= 4 is 17.9 Å². The predicted octanol–water partition coefficient (Wildman–Crippen LogP) is 24.9. The molecule has 0 N–H and O–H groups in total. The average Bonchev–Trinajstić information content (AvgIpc) is 3.47. The van der Waals surface area contributed by atoms with E-state index in [1.165, 1.54) is 276 Å². The van der Waals surface area contributed by atoms with Crippen LogP contribution in [0.4, 0.5) is 0 Å². The third kappa shape index (κ3) is 68.0. The van der Waals surface area contributed by atoms with Crippen LogP contribution in [-0.2, 0) is 28.6 Å². The van der Waals surface area contributed by atoms with Crippen LogP contribution in [-0.4, -0.2) is 37.2 Å². The second-order valence-corrected chi connectivity index (χ2v) is 24.5. The van der Waals surface area contributed by atoms with Crippen LogP contribution < -0.4 is 0 Å². The fraction of sp³-hybridized carbons (Fsp3) is 0.853. The van der Waals surface area contributed by atoms with E-state index < -0.39 is 6.10 Å². The molecule has 0 aliphatic rings. The van der Waals surface area contributed by atoms with Crippen molar-refractivity contribution in [2.24, 2.45) is 0 Å². The molecule has 0 saturated carbocycles. The molecule has 1 unspecified atom stereocenters. The van der Waals surface area contributed by atoms with Crippen LogP contribution in [0.5, 0.6) is 0 Å². The largest absolute Gasteiger partial charge is 0.462 e. The molecule has 0 radical (unpaired) electrons. The number of hydrogen-bond acceptors (Lipinski definition) is 6. The molecule has 474 valence electrons.